The summed E-state index contributed by atoms with van der Waals surface area (Å²) < 4.78 is 17.4. The van der Waals surface area contributed by atoms with Gasteiger partial charge in [-0.25, -0.2) is 9.59 Å². The number of ether oxygens (including phenoxy) is 3. The van der Waals surface area contributed by atoms with E-state index in [4.69, 9.17) is 36.0 Å². The van der Waals surface area contributed by atoms with Crippen molar-refractivity contribution in [3.8, 4) is 11.5 Å². The Morgan fingerprint density at radius 2 is 1.84 bits per heavy atom. The van der Waals surface area contributed by atoms with Crippen LogP contribution in [-0.4, -0.2) is 55.1 Å². The van der Waals surface area contributed by atoms with E-state index in [9.17, 15) is 9.59 Å². The zero-order valence-electron chi connectivity index (χ0n) is 16.9. The monoisotopic (exact) mass is 449 g/mol. The van der Waals surface area contributed by atoms with Gasteiger partial charge in [-0.2, -0.15) is 0 Å². The average molecular weight is 450 g/mol. The van der Waals surface area contributed by atoms with E-state index in [1.165, 1.54) is 0 Å². The molecule has 0 amide bonds. The number of carboxylic acid groups (broad SMARTS) is 2. The quantitative estimate of drug-likeness (QED) is 0.552. The highest BCUT2D eigenvalue weighted by atomic mass is 35.5. The highest BCUT2D eigenvalue weighted by molar-refractivity contribution is 6.32. The second kappa shape index (κ2) is 12.6. The molecule has 8 nitrogen and oxygen atoms in total. The first-order valence-electron chi connectivity index (χ1n) is 9.42. The predicted molar refractivity (Wildman–Crippen MR) is 115 cm³/mol. The number of morpholine rings is 1. The molecule has 9 heteroatoms. The van der Waals surface area contributed by atoms with Crippen molar-refractivity contribution in [1.82, 2.24) is 5.32 Å². The number of carboxylic acids is 2. The minimum absolute atomic E-state index is 0.0755. The lowest BCUT2D eigenvalue weighted by atomic mass is 10.0. The summed E-state index contributed by atoms with van der Waals surface area (Å²) in [5.41, 5.74) is 1.06. The van der Waals surface area contributed by atoms with Gasteiger partial charge in [0.2, 0.25) is 0 Å². The maximum absolute atomic E-state index is 9.55. The Kier molecular flexibility index (Phi) is 9.83. The van der Waals surface area contributed by atoms with Gasteiger partial charge >= 0.3 is 11.9 Å². The number of hydrogen-bond donors (Lipinski definition) is 3. The van der Waals surface area contributed by atoms with Gasteiger partial charge in [-0.1, -0.05) is 41.9 Å². The number of methoxy groups -OCH3 is 1. The van der Waals surface area contributed by atoms with Crippen LogP contribution in [0, 0.1) is 0 Å². The normalized spacial score (nSPS) is 16.6. The van der Waals surface area contributed by atoms with Crippen LogP contribution in [0.4, 0.5) is 0 Å². The van der Waals surface area contributed by atoms with Gasteiger partial charge < -0.3 is 29.7 Å². The summed E-state index contributed by atoms with van der Waals surface area (Å²) >= 11 is 6.29. The summed E-state index contributed by atoms with van der Waals surface area (Å²) in [6, 6.07) is 15.4. The highest BCUT2D eigenvalue weighted by Gasteiger charge is 2.28. The fourth-order valence-corrected chi connectivity index (χ4v) is 2.92. The first kappa shape index (κ1) is 24.2. The summed E-state index contributed by atoms with van der Waals surface area (Å²) in [5, 5.41) is 19.5. The molecule has 0 unspecified atom stereocenters. The van der Waals surface area contributed by atoms with E-state index in [0.717, 1.165) is 18.7 Å². The maximum Gasteiger partial charge on any atom is 0.328 e. The lowest BCUT2D eigenvalue weighted by Gasteiger charge is -2.32. The van der Waals surface area contributed by atoms with Gasteiger partial charge in [0.25, 0.3) is 0 Å². The van der Waals surface area contributed by atoms with E-state index in [1.54, 1.807) is 19.2 Å². The van der Waals surface area contributed by atoms with E-state index in [0.29, 0.717) is 35.3 Å². The van der Waals surface area contributed by atoms with Gasteiger partial charge in [-0.05, 0) is 17.7 Å². The molecule has 0 spiro atoms. The van der Waals surface area contributed by atoms with Gasteiger partial charge in [0.05, 0.1) is 18.7 Å². The first-order valence-corrected chi connectivity index (χ1v) is 9.80. The van der Waals surface area contributed by atoms with Crippen LogP contribution in [0.25, 0.3) is 0 Å². The molecule has 166 valence electrons. The Hall–Kier alpha value is -3.07. The van der Waals surface area contributed by atoms with Crippen LogP contribution < -0.4 is 14.8 Å². The molecular weight excluding hydrogens is 426 g/mol. The molecule has 0 aromatic heterocycles. The topological polar surface area (TPSA) is 114 Å². The maximum atomic E-state index is 9.55. The van der Waals surface area contributed by atoms with Crippen molar-refractivity contribution in [2.75, 3.05) is 26.8 Å². The van der Waals surface area contributed by atoms with E-state index < -0.39 is 11.9 Å². The molecule has 1 aliphatic rings. The fourth-order valence-electron chi connectivity index (χ4n) is 2.76. The minimum Gasteiger partial charge on any atom is -0.497 e. The van der Waals surface area contributed by atoms with Crippen LogP contribution in [0.1, 0.15) is 11.7 Å². The summed E-state index contributed by atoms with van der Waals surface area (Å²) in [5.74, 6) is -1.22. The Bertz CT molecular complexity index is 867. The molecular formula is C22H24ClNO7. The Morgan fingerprint density at radius 1 is 1.16 bits per heavy atom. The zero-order valence-corrected chi connectivity index (χ0v) is 17.6. The summed E-state index contributed by atoms with van der Waals surface area (Å²) in [4.78, 5) is 19.1. The smallest absolute Gasteiger partial charge is 0.328 e. The van der Waals surface area contributed by atoms with Crippen molar-refractivity contribution in [2.24, 2.45) is 0 Å². The van der Waals surface area contributed by atoms with Crippen LogP contribution in [0.15, 0.2) is 60.7 Å². The minimum atomic E-state index is -1.26. The van der Waals surface area contributed by atoms with E-state index >= 15 is 0 Å². The zero-order chi connectivity index (χ0) is 22.6. The van der Waals surface area contributed by atoms with Crippen LogP contribution in [0.3, 0.4) is 0 Å². The molecule has 1 heterocycles. The second-order valence-corrected chi connectivity index (χ2v) is 6.78. The summed E-state index contributed by atoms with van der Waals surface area (Å²) in [6.45, 7) is 2.27. The van der Waals surface area contributed by atoms with Crippen LogP contribution in [0.2, 0.25) is 5.02 Å². The van der Waals surface area contributed by atoms with Crippen LogP contribution in [0.5, 0.6) is 11.5 Å². The standard InChI is InChI=1S/C18H20ClNO3.C4H4O4/c1-21-14-7-8-15(19)16(11-14)23-18(13-5-3-2-4-6-13)17-12-20-9-10-22-17;5-3(6)1-2-4(7)8/h2-8,11,17-18,20H,9-10,12H2,1H3;1-2H,(H,5,6)(H,7,8)/t17-,18-;/m0./s1. The number of nitrogens with one attached hydrogen (secondary N) is 1. The molecule has 0 aliphatic carbocycles. The van der Waals surface area contributed by atoms with E-state index in [2.05, 4.69) is 5.32 Å². The largest absolute Gasteiger partial charge is 0.497 e. The van der Waals surface area contributed by atoms with Crippen molar-refractivity contribution < 1.29 is 34.0 Å². The fraction of sp³-hybridized carbons (Fsp3) is 0.273. The van der Waals surface area contributed by atoms with Crippen molar-refractivity contribution in [2.45, 2.75) is 12.2 Å². The van der Waals surface area contributed by atoms with Gasteiger partial charge in [0, 0.05) is 31.3 Å². The Balaban J connectivity index is 0.000000366. The third-order valence-electron chi connectivity index (χ3n) is 4.18. The Labute approximate surface area is 185 Å². The second-order valence-electron chi connectivity index (χ2n) is 6.37. The third kappa shape index (κ3) is 8.29. The Morgan fingerprint density at radius 3 is 2.39 bits per heavy atom. The third-order valence-corrected chi connectivity index (χ3v) is 4.50. The van der Waals surface area contributed by atoms with Crippen molar-refractivity contribution in [3.05, 3.63) is 71.3 Å². The first-order chi connectivity index (χ1) is 14.9. The van der Waals surface area contributed by atoms with E-state index in [-0.39, 0.29) is 12.2 Å². The number of benzene rings is 2. The molecule has 2 atom stereocenters. The van der Waals surface area contributed by atoms with Gasteiger partial charge in [-0.15, -0.1) is 0 Å². The molecule has 1 aliphatic heterocycles. The molecule has 0 radical (unpaired) electrons. The molecule has 0 saturated carbocycles. The summed E-state index contributed by atoms with van der Waals surface area (Å²) in [7, 11) is 1.62. The van der Waals surface area contributed by atoms with Gasteiger partial charge in [0.1, 0.15) is 17.6 Å². The lowest BCUT2D eigenvalue weighted by Crippen LogP contribution is -2.43. The molecule has 2 aromatic carbocycles. The van der Waals surface area contributed by atoms with Crippen molar-refractivity contribution >= 4 is 23.5 Å². The number of hydrogen-bond acceptors (Lipinski definition) is 6. The van der Waals surface area contributed by atoms with Crippen LogP contribution >= 0.6 is 11.6 Å². The highest BCUT2D eigenvalue weighted by Crippen LogP contribution is 2.34. The lowest BCUT2D eigenvalue weighted by molar-refractivity contribution is -0.134. The molecule has 3 rings (SSSR count). The van der Waals surface area contributed by atoms with Crippen molar-refractivity contribution in [1.29, 1.82) is 0 Å². The molecule has 3 N–H and O–H groups in total. The molecule has 1 fully saturated rings. The number of aliphatic carboxylic acids is 2. The molecule has 0 bridgehead atoms. The van der Waals surface area contributed by atoms with Crippen LogP contribution in [-0.2, 0) is 14.3 Å². The average Bonchev–Trinajstić information content (AvgIpc) is 2.79. The molecule has 2 aromatic rings. The predicted octanol–water partition coefficient (Wildman–Crippen LogP) is 3.17. The number of carbonyl (C=O) groups is 2. The van der Waals surface area contributed by atoms with E-state index in [1.807, 2.05) is 36.4 Å². The SMILES string of the molecule is COc1ccc(Cl)c(O[C@@H](c2ccccc2)[C@@H]2CNCCO2)c1.O=C(O)C=CC(=O)O. The number of rotatable bonds is 7. The van der Waals surface area contributed by atoms with Gasteiger partial charge in [-0.3, -0.25) is 0 Å². The number of halogens is 1. The molecule has 31 heavy (non-hydrogen) atoms. The van der Waals surface area contributed by atoms with Crippen molar-refractivity contribution in [3.63, 3.8) is 0 Å². The van der Waals surface area contributed by atoms with Gasteiger partial charge in [0.15, 0.2) is 6.10 Å². The summed E-state index contributed by atoms with van der Waals surface area (Å²) in [6.07, 6.45) is 0.798. The molecule has 1 saturated heterocycles.